The number of esters is 1. The summed E-state index contributed by atoms with van der Waals surface area (Å²) in [5.41, 5.74) is 2.19. The average Bonchev–Trinajstić information content (AvgIpc) is 3.30. The van der Waals surface area contributed by atoms with Crippen LogP contribution >= 0.6 is 11.8 Å². The molecule has 0 amide bonds. The molecule has 3 aromatic rings. The van der Waals surface area contributed by atoms with Gasteiger partial charge in [0, 0.05) is 17.7 Å². The summed E-state index contributed by atoms with van der Waals surface area (Å²) in [5, 5.41) is 9.63. The molecule has 0 radical (unpaired) electrons. The summed E-state index contributed by atoms with van der Waals surface area (Å²) >= 11 is 1.59. The predicted molar refractivity (Wildman–Crippen MR) is 105 cm³/mol. The number of rotatable bonds is 9. The van der Waals surface area contributed by atoms with Crippen molar-refractivity contribution in [2.75, 3.05) is 12.4 Å². The Bertz CT molecular complexity index is 874. The molecule has 2 aromatic heterocycles. The van der Waals surface area contributed by atoms with Crippen molar-refractivity contribution in [3.63, 3.8) is 0 Å². The van der Waals surface area contributed by atoms with Crippen LogP contribution in [0.3, 0.4) is 0 Å². The van der Waals surface area contributed by atoms with Gasteiger partial charge in [0.05, 0.1) is 19.4 Å². The Kier molecular flexibility index (Phi) is 6.70. The van der Waals surface area contributed by atoms with Crippen LogP contribution in [-0.2, 0) is 16.1 Å². The van der Waals surface area contributed by atoms with Gasteiger partial charge in [0.1, 0.15) is 5.76 Å². The van der Waals surface area contributed by atoms with Crippen molar-refractivity contribution >= 4 is 17.7 Å². The van der Waals surface area contributed by atoms with Gasteiger partial charge in [-0.2, -0.15) is 0 Å². The summed E-state index contributed by atoms with van der Waals surface area (Å²) in [6.07, 6.45) is 2.81. The van der Waals surface area contributed by atoms with Gasteiger partial charge in [0.15, 0.2) is 11.0 Å². The largest absolute Gasteiger partial charge is 0.467 e. The summed E-state index contributed by atoms with van der Waals surface area (Å²) in [5.74, 6) is 2.27. The minimum absolute atomic E-state index is 0.157. The first kappa shape index (κ1) is 19.2. The molecule has 0 N–H and O–H groups in total. The first-order valence-corrected chi connectivity index (χ1v) is 9.97. The highest BCUT2D eigenvalue weighted by Gasteiger charge is 2.17. The van der Waals surface area contributed by atoms with Crippen LogP contribution in [0.25, 0.3) is 11.4 Å². The molecule has 0 saturated heterocycles. The van der Waals surface area contributed by atoms with Crippen LogP contribution in [0.1, 0.15) is 31.1 Å². The van der Waals surface area contributed by atoms with Crippen LogP contribution in [0.15, 0.2) is 52.2 Å². The van der Waals surface area contributed by atoms with Gasteiger partial charge in [-0.15, -0.1) is 10.2 Å². The molecular formula is C20H23N3O3S. The maximum Gasteiger partial charge on any atom is 0.305 e. The smallest absolute Gasteiger partial charge is 0.305 e. The number of aromatic nitrogens is 3. The third-order valence-corrected chi connectivity index (χ3v) is 5.11. The Labute approximate surface area is 162 Å². The van der Waals surface area contributed by atoms with Gasteiger partial charge >= 0.3 is 5.97 Å². The predicted octanol–water partition coefficient (Wildman–Crippen LogP) is 4.33. The van der Waals surface area contributed by atoms with Crippen molar-refractivity contribution in [3.05, 3.63) is 54.0 Å². The number of nitrogens with zero attached hydrogens (tertiary/aromatic N) is 3. The van der Waals surface area contributed by atoms with Crippen LogP contribution in [0.2, 0.25) is 0 Å². The fraction of sp³-hybridized carbons (Fsp3) is 0.350. The third kappa shape index (κ3) is 5.01. The Balaban J connectivity index is 1.77. The number of carbonyl (C=O) groups excluding carboxylic acids is 1. The highest BCUT2D eigenvalue weighted by Crippen LogP contribution is 2.27. The molecule has 0 aliphatic heterocycles. The quantitative estimate of drug-likeness (QED) is 0.310. The zero-order valence-corrected chi connectivity index (χ0v) is 16.4. The van der Waals surface area contributed by atoms with E-state index in [-0.39, 0.29) is 5.97 Å². The third-order valence-electron chi connectivity index (χ3n) is 4.06. The van der Waals surface area contributed by atoms with Crippen molar-refractivity contribution < 1.29 is 13.9 Å². The number of benzene rings is 1. The Hall–Kier alpha value is -2.54. The van der Waals surface area contributed by atoms with Gasteiger partial charge in [0.25, 0.3) is 0 Å². The van der Waals surface area contributed by atoms with E-state index in [0.717, 1.165) is 40.0 Å². The number of aryl methyl sites for hydroxylation is 1. The second kappa shape index (κ2) is 9.41. The Morgan fingerprint density at radius 1 is 1.22 bits per heavy atom. The number of ether oxygens (including phenoxy) is 1. The minimum atomic E-state index is -0.157. The molecule has 0 fully saturated rings. The van der Waals surface area contributed by atoms with Crippen molar-refractivity contribution in [2.45, 2.75) is 38.4 Å². The highest BCUT2D eigenvalue weighted by molar-refractivity contribution is 7.99. The molecule has 0 aliphatic rings. The maximum atomic E-state index is 11.5. The summed E-state index contributed by atoms with van der Waals surface area (Å²) in [7, 11) is 0. The monoisotopic (exact) mass is 385 g/mol. The topological polar surface area (TPSA) is 70.2 Å². The molecule has 3 rings (SSSR count). The van der Waals surface area contributed by atoms with Crippen LogP contribution in [0, 0.1) is 6.92 Å². The van der Waals surface area contributed by atoms with Crippen molar-refractivity contribution in [1.82, 2.24) is 14.8 Å². The van der Waals surface area contributed by atoms with Crippen LogP contribution in [-0.4, -0.2) is 33.1 Å². The fourth-order valence-corrected chi connectivity index (χ4v) is 3.61. The van der Waals surface area contributed by atoms with Gasteiger partial charge in [-0.25, -0.2) is 0 Å². The normalized spacial score (nSPS) is 10.9. The number of hydrogen-bond donors (Lipinski definition) is 0. The Morgan fingerprint density at radius 3 is 2.81 bits per heavy atom. The van der Waals surface area contributed by atoms with Crippen LogP contribution in [0.5, 0.6) is 0 Å². The molecule has 7 heteroatoms. The SMILES string of the molecule is CCOC(=O)CCCSc1nnc(-c2ccccc2C)n1Cc1ccco1. The first-order chi connectivity index (χ1) is 13.2. The van der Waals surface area contributed by atoms with Gasteiger partial charge in [0.2, 0.25) is 0 Å². The molecule has 142 valence electrons. The number of carbonyl (C=O) groups is 1. The zero-order valence-electron chi connectivity index (χ0n) is 15.6. The van der Waals surface area contributed by atoms with Gasteiger partial charge < -0.3 is 9.15 Å². The first-order valence-electron chi connectivity index (χ1n) is 8.99. The molecule has 0 unspecified atom stereocenters. The molecule has 27 heavy (non-hydrogen) atoms. The molecule has 0 aliphatic carbocycles. The summed E-state index contributed by atoms with van der Waals surface area (Å²) in [4.78, 5) is 11.5. The summed E-state index contributed by atoms with van der Waals surface area (Å²) < 4.78 is 12.6. The lowest BCUT2D eigenvalue weighted by atomic mass is 10.1. The highest BCUT2D eigenvalue weighted by atomic mass is 32.2. The standard InChI is InChI=1S/C20H23N3O3S/c1-3-25-18(24)11-7-13-27-20-22-21-19(17-10-5-4-8-15(17)2)23(20)14-16-9-6-12-26-16/h4-6,8-10,12H,3,7,11,13-14H2,1-2H3. The molecule has 0 bridgehead atoms. The maximum absolute atomic E-state index is 11.5. The number of thioether (sulfide) groups is 1. The van der Waals surface area contributed by atoms with E-state index < -0.39 is 0 Å². The number of hydrogen-bond acceptors (Lipinski definition) is 6. The number of furan rings is 1. The van der Waals surface area contributed by atoms with Crippen LogP contribution < -0.4 is 0 Å². The van der Waals surface area contributed by atoms with E-state index in [1.807, 2.05) is 37.3 Å². The zero-order chi connectivity index (χ0) is 19.1. The lowest BCUT2D eigenvalue weighted by Crippen LogP contribution is -2.05. The molecule has 2 heterocycles. The van der Waals surface area contributed by atoms with E-state index in [0.29, 0.717) is 19.6 Å². The van der Waals surface area contributed by atoms with Gasteiger partial charge in [-0.1, -0.05) is 36.0 Å². The molecule has 1 aromatic carbocycles. The van der Waals surface area contributed by atoms with Gasteiger partial charge in [-0.3, -0.25) is 9.36 Å². The average molecular weight is 385 g/mol. The fourth-order valence-electron chi connectivity index (χ4n) is 2.73. The van der Waals surface area contributed by atoms with E-state index >= 15 is 0 Å². The lowest BCUT2D eigenvalue weighted by Gasteiger charge is -2.10. The van der Waals surface area contributed by atoms with Crippen molar-refractivity contribution in [2.24, 2.45) is 0 Å². The molecule has 6 nitrogen and oxygen atoms in total. The van der Waals surface area contributed by atoms with Crippen molar-refractivity contribution in [3.8, 4) is 11.4 Å². The molecule has 0 spiro atoms. The second-order valence-electron chi connectivity index (χ2n) is 6.04. The van der Waals surface area contributed by atoms with Crippen molar-refractivity contribution in [1.29, 1.82) is 0 Å². The minimum Gasteiger partial charge on any atom is -0.467 e. The Morgan fingerprint density at radius 2 is 2.07 bits per heavy atom. The van der Waals surface area contributed by atoms with E-state index in [4.69, 9.17) is 9.15 Å². The van der Waals surface area contributed by atoms with E-state index in [1.54, 1.807) is 18.0 Å². The molecule has 0 saturated carbocycles. The summed E-state index contributed by atoms with van der Waals surface area (Å²) in [6.45, 7) is 4.86. The van der Waals surface area contributed by atoms with Gasteiger partial charge in [-0.05, 0) is 38.0 Å². The van der Waals surface area contributed by atoms with E-state index in [1.165, 1.54) is 0 Å². The second-order valence-corrected chi connectivity index (χ2v) is 7.11. The lowest BCUT2D eigenvalue weighted by molar-refractivity contribution is -0.143. The van der Waals surface area contributed by atoms with Crippen LogP contribution in [0.4, 0.5) is 0 Å². The molecular weight excluding hydrogens is 362 g/mol. The summed E-state index contributed by atoms with van der Waals surface area (Å²) in [6, 6.07) is 11.9. The molecule has 0 atom stereocenters. The van der Waals surface area contributed by atoms with E-state index in [2.05, 4.69) is 27.8 Å². The van der Waals surface area contributed by atoms with E-state index in [9.17, 15) is 4.79 Å².